The number of hydrogen-bond acceptors (Lipinski definition) is 5. The SMILES string of the molecule is CCOC(=O)Cc1cccc2c1OC(c1cccc(Br)n1)C(=O)N2. The number of ether oxygens (including phenoxy) is 2. The van der Waals surface area contributed by atoms with E-state index in [1.54, 1.807) is 43.3 Å². The predicted molar refractivity (Wildman–Crippen MR) is 90.7 cm³/mol. The van der Waals surface area contributed by atoms with Gasteiger partial charge in [0.25, 0.3) is 5.91 Å². The quantitative estimate of drug-likeness (QED) is 0.641. The first-order valence-electron chi connectivity index (χ1n) is 7.46. The van der Waals surface area contributed by atoms with Crippen LogP contribution in [0.2, 0.25) is 0 Å². The van der Waals surface area contributed by atoms with Crippen LogP contribution in [0.4, 0.5) is 5.69 Å². The minimum absolute atomic E-state index is 0.0749. The molecule has 2 aromatic rings. The maximum atomic E-state index is 12.3. The van der Waals surface area contributed by atoms with E-state index in [0.717, 1.165) is 0 Å². The minimum Gasteiger partial charge on any atom is -0.472 e. The van der Waals surface area contributed by atoms with Crippen LogP contribution in [0, 0.1) is 0 Å². The van der Waals surface area contributed by atoms with E-state index < -0.39 is 6.10 Å². The largest absolute Gasteiger partial charge is 0.472 e. The van der Waals surface area contributed by atoms with Gasteiger partial charge in [-0.2, -0.15) is 0 Å². The zero-order chi connectivity index (χ0) is 17.1. The first kappa shape index (κ1) is 16.4. The maximum Gasteiger partial charge on any atom is 0.310 e. The average molecular weight is 391 g/mol. The lowest BCUT2D eigenvalue weighted by molar-refractivity contribution is -0.142. The average Bonchev–Trinajstić information content (AvgIpc) is 2.54. The lowest BCUT2D eigenvalue weighted by atomic mass is 10.1. The molecule has 0 saturated carbocycles. The molecular weight excluding hydrogens is 376 g/mol. The van der Waals surface area contributed by atoms with Crippen molar-refractivity contribution in [3.05, 3.63) is 52.3 Å². The number of para-hydroxylation sites is 1. The summed E-state index contributed by atoms with van der Waals surface area (Å²) >= 11 is 3.29. The highest BCUT2D eigenvalue weighted by Gasteiger charge is 2.32. The van der Waals surface area contributed by atoms with Gasteiger partial charge in [0.15, 0.2) is 0 Å². The number of amides is 1. The Morgan fingerprint density at radius 1 is 1.33 bits per heavy atom. The summed E-state index contributed by atoms with van der Waals surface area (Å²) in [6, 6.07) is 10.5. The van der Waals surface area contributed by atoms with Crippen molar-refractivity contribution < 1.29 is 19.1 Å². The van der Waals surface area contributed by atoms with Crippen molar-refractivity contribution in [2.45, 2.75) is 19.4 Å². The third kappa shape index (κ3) is 3.41. The number of aromatic nitrogens is 1. The molecule has 1 atom stereocenters. The number of carbonyl (C=O) groups excluding carboxylic acids is 2. The van der Waals surface area contributed by atoms with Crippen LogP contribution in [-0.4, -0.2) is 23.5 Å². The van der Waals surface area contributed by atoms with Gasteiger partial charge in [-0.15, -0.1) is 0 Å². The predicted octanol–water partition coefficient (Wildman–Crippen LogP) is 3.02. The molecule has 1 N–H and O–H groups in total. The summed E-state index contributed by atoms with van der Waals surface area (Å²) in [6.07, 6.45) is -0.802. The summed E-state index contributed by atoms with van der Waals surface area (Å²) in [4.78, 5) is 28.4. The second-order valence-electron chi connectivity index (χ2n) is 5.15. The number of halogens is 1. The summed E-state index contributed by atoms with van der Waals surface area (Å²) in [5.74, 6) is -0.179. The number of pyridine rings is 1. The Kier molecular flexibility index (Phi) is 4.80. The van der Waals surface area contributed by atoms with Crippen LogP contribution in [0.5, 0.6) is 5.75 Å². The third-order valence-corrected chi connectivity index (χ3v) is 3.92. The maximum absolute atomic E-state index is 12.3. The Morgan fingerprint density at radius 2 is 2.12 bits per heavy atom. The van der Waals surface area contributed by atoms with Crippen molar-refractivity contribution in [2.24, 2.45) is 0 Å². The second kappa shape index (κ2) is 7.00. The van der Waals surface area contributed by atoms with Crippen LogP contribution in [0.25, 0.3) is 0 Å². The van der Waals surface area contributed by atoms with Gasteiger partial charge < -0.3 is 14.8 Å². The highest BCUT2D eigenvalue weighted by Crippen LogP contribution is 2.37. The lowest BCUT2D eigenvalue weighted by Gasteiger charge is -2.27. The van der Waals surface area contributed by atoms with Gasteiger partial charge in [-0.1, -0.05) is 18.2 Å². The summed E-state index contributed by atoms with van der Waals surface area (Å²) in [5.41, 5.74) is 1.68. The molecule has 124 valence electrons. The smallest absolute Gasteiger partial charge is 0.310 e. The number of benzene rings is 1. The molecule has 1 unspecified atom stereocenters. The first-order valence-corrected chi connectivity index (χ1v) is 8.25. The standard InChI is InChI=1S/C17H15BrN2O4/c1-2-23-14(21)9-10-5-3-6-11-15(10)24-16(17(22)20-11)12-7-4-8-13(18)19-12/h3-8,16H,2,9H2,1H3,(H,20,22). The normalized spacial score (nSPS) is 15.9. The van der Waals surface area contributed by atoms with E-state index in [-0.39, 0.29) is 18.3 Å². The molecule has 1 aliphatic rings. The first-order chi connectivity index (χ1) is 11.6. The number of nitrogens with zero attached hydrogens (tertiary/aromatic N) is 1. The molecule has 2 heterocycles. The highest BCUT2D eigenvalue weighted by molar-refractivity contribution is 9.10. The van der Waals surface area contributed by atoms with E-state index in [9.17, 15) is 9.59 Å². The molecule has 0 spiro atoms. The summed E-state index contributed by atoms with van der Waals surface area (Å²) < 4.78 is 11.5. The number of anilines is 1. The van der Waals surface area contributed by atoms with Crippen LogP contribution in [0.3, 0.4) is 0 Å². The van der Waals surface area contributed by atoms with Crippen molar-refractivity contribution in [1.82, 2.24) is 4.98 Å². The number of rotatable bonds is 4. The third-order valence-electron chi connectivity index (χ3n) is 3.47. The van der Waals surface area contributed by atoms with Gasteiger partial charge in [0.05, 0.1) is 24.4 Å². The van der Waals surface area contributed by atoms with E-state index in [0.29, 0.717) is 33.9 Å². The fourth-order valence-corrected chi connectivity index (χ4v) is 2.82. The van der Waals surface area contributed by atoms with Gasteiger partial charge in [-0.25, -0.2) is 4.98 Å². The van der Waals surface area contributed by atoms with E-state index in [4.69, 9.17) is 9.47 Å². The van der Waals surface area contributed by atoms with Gasteiger partial charge in [-0.05, 0) is 41.1 Å². The molecule has 6 nitrogen and oxygen atoms in total. The molecular formula is C17H15BrN2O4. The minimum atomic E-state index is -0.877. The fraction of sp³-hybridized carbons (Fsp3) is 0.235. The van der Waals surface area contributed by atoms with Crippen molar-refractivity contribution in [3.63, 3.8) is 0 Å². The highest BCUT2D eigenvalue weighted by atomic mass is 79.9. The van der Waals surface area contributed by atoms with Crippen LogP contribution >= 0.6 is 15.9 Å². The van der Waals surface area contributed by atoms with Crippen molar-refractivity contribution in [2.75, 3.05) is 11.9 Å². The van der Waals surface area contributed by atoms with Crippen molar-refractivity contribution in [1.29, 1.82) is 0 Å². The van der Waals surface area contributed by atoms with Gasteiger partial charge in [0.2, 0.25) is 6.10 Å². The number of esters is 1. The van der Waals surface area contributed by atoms with Crippen molar-refractivity contribution >= 4 is 33.5 Å². The van der Waals surface area contributed by atoms with E-state index in [2.05, 4.69) is 26.2 Å². The summed E-state index contributed by atoms with van der Waals surface area (Å²) in [6.45, 7) is 2.07. The molecule has 3 rings (SSSR count). The molecule has 1 aromatic carbocycles. The van der Waals surface area contributed by atoms with Gasteiger partial charge in [-0.3, -0.25) is 9.59 Å². The van der Waals surface area contributed by atoms with Gasteiger partial charge >= 0.3 is 5.97 Å². The zero-order valence-corrected chi connectivity index (χ0v) is 14.5. The van der Waals surface area contributed by atoms with Crippen LogP contribution in [-0.2, 0) is 20.7 Å². The topological polar surface area (TPSA) is 77.5 Å². The fourth-order valence-electron chi connectivity index (χ4n) is 2.46. The van der Waals surface area contributed by atoms with Gasteiger partial charge in [0, 0.05) is 5.56 Å². The molecule has 0 aliphatic carbocycles. The van der Waals surface area contributed by atoms with E-state index in [1.807, 2.05) is 0 Å². The molecule has 1 aromatic heterocycles. The molecule has 0 saturated heterocycles. The molecule has 24 heavy (non-hydrogen) atoms. The molecule has 1 aliphatic heterocycles. The van der Waals surface area contributed by atoms with Crippen LogP contribution < -0.4 is 10.1 Å². The van der Waals surface area contributed by atoms with Gasteiger partial charge in [0.1, 0.15) is 10.4 Å². The molecule has 0 radical (unpaired) electrons. The Hall–Kier alpha value is -2.41. The number of hydrogen-bond donors (Lipinski definition) is 1. The van der Waals surface area contributed by atoms with E-state index >= 15 is 0 Å². The molecule has 0 bridgehead atoms. The summed E-state index contributed by atoms with van der Waals surface area (Å²) in [7, 11) is 0. The number of carbonyl (C=O) groups is 2. The summed E-state index contributed by atoms with van der Waals surface area (Å²) in [5, 5.41) is 2.80. The second-order valence-corrected chi connectivity index (χ2v) is 5.96. The molecule has 0 fully saturated rings. The lowest BCUT2D eigenvalue weighted by Crippen LogP contribution is -2.31. The van der Waals surface area contributed by atoms with Crippen LogP contribution in [0.15, 0.2) is 41.0 Å². The molecule has 7 heteroatoms. The Morgan fingerprint density at radius 3 is 2.88 bits per heavy atom. The monoisotopic (exact) mass is 390 g/mol. The van der Waals surface area contributed by atoms with Crippen molar-refractivity contribution in [3.8, 4) is 5.75 Å². The molecule has 1 amide bonds. The Bertz CT molecular complexity index is 794. The Labute approximate surface area is 147 Å². The Balaban J connectivity index is 1.92. The zero-order valence-electron chi connectivity index (χ0n) is 12.9. The van der Waals surface area contributed by atoms with E-state index in [1.165, 1.54) is 0 Å². The number of nitrogens with one attached hydrogen (secondary N) is 1. The number of fused-ring (bicyclic) bond motifs is 1. The van der Waals surface area contributed by atoms with Crippen LogP contribution in [0.1, 0.15) is 24.3 Å².